The normalized spacial score (nSPS) is 16.4. The van der Waals surface area contributed by atoms with E-state index in [1.807, 2.05) is 0 Å². The number of H-pyrrole nitrogens is 2. The highest BCUT2D eigenvalue weighted by molar-refractivity contribution is 7.89. The molecule has 2 aromatic heterocycles. The first-order valence-electron chi connectivity index (χ1n) is 7.79. The van der Waals surface area contributed by atoms with Gasteiger partial charge in [0.1, 0.15) is 5.52 Å². The molecule has 0 saturated carbocycles. The van der Waals surface area contributed by atoms with Gasteiger partial charge in [-0.3, -0.25) is 4.79 Å². The van der Waals surface area contributed by atoms with E-state index in [0.29, 0.717) is 35.0 Å². The zero-order chi connectivity index (χ0) is 17.6. The van der Waals surface area contributed by atoms with E-state index in [9.17, 15) is 13.2 Å². The Kier molecular flexibility index (Phi) is 3.88. The van der Waals surface area contributed by atoms with Crippen LogP contribution in [0.4, 0.5) is 0 Å². The molecule has 0 radical (unpaired) electrons. The van der Waals surface area contributed by atoms with Crippen LogP contribution in [0.3, 0.4) is 0 Å². The number of likely N-dealkylation sites (N-methyl/N-ethyl adjacent to an activating group) is 1. The minimum absolute atomic E-state index is 0.117. The number of benzene rings is 1. The van der Waals surface area contributed by atoms with Crippen molar-refractivity contribution in [3.63, 3.8) is 0 Å². The topological polar surface area (TPSA) is 104 Å². The average Bonchev–Trinajstić information content (AvgIpc) is 3.26. The van der Waals surface area contributed by atoms with E-state index in [4.69, 9.17) is 9.47 Å². The van der Waals surface area contributed by atoms with Gasteiger partial charge in [0.25, 0.3) is 5.56 Å². The van der Waals surface area contributed by atoms with Crippen molar-refractivity contribution in [2.45, 2.75) is 11.2 Å². The Morgan fingerprint density at radius 3 is 2.72 bits per heavy atom. The minimum atomic E-state index is -3.71. The van der Waals surface area contributed by atoms with Crippen molar-refractivity contribution in [3.05, 3.63) is 40.8 Å². The van der Waals surface area contributed by atoms with E-state index in [1.54, 1.807) is 24.4 Å². The second-order valence-corrected chi connectivity index (χ2v) is 7.93. The fourth-order valence-electron chi connectivity index (χ4n) is 2.98. The minimum Gasteiger partial charge on any atom is -0.357 e. The highest BCUT2D eigenvalue weighted by atomic mass is 32.2. The van der Waals surface area contributed by atoms with Crippen molar-refractivity contribution >= 4 is 31.8 Å². The molecule has 0 atom stereocenters. The summed E-state index contributed by atoms with van der Waals surface area (Å²) >= 11 is 0. The molecule has 0 spiro atoms. The monoisotopic (exact) mass is 363 g/mol. The van der Waals surface area contributed by atoms with Crippen LogP contribution in [-0.4, -0.2) is 55.8 Å². The largest absolute Gasteiger partial charge is 0.357 e. The van der Waals surface area contributed by atoms with E-state index >= 15 is 0 Å². The van der Waals surface area contributed by atoms with Gasteiger partial charge in [-0.15, -0.1) is 0 Å². The zero-order valence-corrected chi connectivity index (χ0v) is 14.3. The number of pyridine rings is 1. The maximum atomic E-state index is 12.8. The number of rotatable bonds is 4. The van der Waals surface area contributed by atoms with E-state index in [-0.39, 0.29) is 17.0 Å². The van der Waals surface area contributed by atoms with Gasteiger partial charge in [-0.25, -0.2) is 8.42 Å². The zero-order valence-electron chi connectivity index (χ0n) is 13.5. The molecular weight excluding hydrogens is 346 g/mol. The van der Waals surface area contributed by atoms with Gasteiger partial charge in [0.15, 0.2) is 6.29 Å². The standard InChI is InChI=1S/C16H17N3O5S/c1-19(9-14-23-6-7-24-14)25(21,22)10-2-3-13-12(8-10)11-4-5-17-15(11)16(20)18-13/h2-5,8,14,17H,6-7,9H2,1H3,(H,18,20). The number of sulfonamides is 1. The van der Waals surface area contributed by atoms with Crippen LogP contribution in [0.25, 0.3) is 21.8 Å². The van der Waals surface area contributed by atoms with E-state index in [2.05, 4.69) is 9.97 Å². The quantitative estimate of drug-likeness (QED) is 0.720. The van der Waals surface area contributed by atoms with E-state index in [0.717, 1.165) is 0 Å². The molecule has 3 aromatic rings. The van der Waals surface area contributed by atoms with Crippen molar-refractivity contribution in [3.8, 4) is 0 Å². The fourth-order valence-corrected chi connectivity index (χ4v) is 4.17. The summed E-state index contributed by atoms with van der Waals surface area (Å²) in [5, 5.41) is 1.35. The van der Waals surface area contributed by atoms with Crippen molar-refractivity contribution in [1.29, 1.82) is 0 Å². The lowest BCUT2D eigenvalue weighted by atomic mass is 10.1. The SMILES string of the molecule is CN(CC1OCCO1)S(=O)(=O)c1ccc2[nH]c(=O)c3[nH]ccc3c2c1. The summed E-state index contributed by atoms with van der Waals surface area (Å²) in [6.45, 7) is 1.05. The van der Waals surface area contributed by atoms with Gasteiger partial charge >= 0.3 is 0 Å². The Bertz CT molecular complexity index is 1100. The lowest BCUT2D eigenvalue weighted by Crippen LogP contribution is -2.34. The van der Waals surface area contributed by atoms with Crippen LogP contribution < -0.4 is 5.56 Å². The average molecular weight is 363 g/mol. The third kappa shape index (κ3) is 2.74. The molecule has 3 heterocycles. The summed E-state index contributed by atoms with van der Waals surface area (Å²) in [6, 6.07) is 6.42. The lowest BCUT2D eigenvalue weighted by Gasteiger charge is -2.20. The van der Waals surface area contributed by atoms with Crippen LogP contribution in [0, 0.1) is 0 Å². The van der Waals surface area contributed by atoms with Gasteiger partial charge < -0.3 is 19.4 Å². The fraction of sp³-hybridized carbons (Fsp3) is 0.312. The second-order valence-electron chi connectivity index (χ2n) is 5.88. The van der Waals surface area contributed by atoms with Crippen LogP contribution >= 0.6 is 0 Å². The molecule has 1 saturated heterocycles. The summed E-state index contributed by atoms with van der Waals surface area (Å²) in [4.78, 5) is 17.8. The Balaban J connectivity index is 1.77. The molecule has 4 rings (SSSR count). The molecule has 25 heavy (non-hydrogen) atoms. The third-order valence-corrected chi connectivity index (χ3v) is 6.13. The predicted octanol–water partition coefficient (Wildman–Crippen LogP) is 1.00. The Morgan fingerprint density at radius 2 is 1.96 bits per heavy atom. The summed E-state index contributed by atoms with van der Waals surface area (Å²) in [5.41, 5.74) is 0.764. The first kappa shape index (κ1) is 16.3. The highest BCUT2D eigenvalue weighted by Gasteiger charge is 2.27. The predicted molar refractivity (Wildman–Crippen MR) is 91.9 cm³/mol. The molecule has 2 N–H and O–H groups in total. The van der Waals surface area contributed by atoms with Crippen LogP contribution in [0.2, 0.25) is 0 Å². The summed E-state index contributed by atoms with van der Waals surface area (Å²) < 4.78 is 37.5. The molecule has 0 amide bonds. The van der Waals surface area contributed by atoms with Gasteiger partial charge in [0, 0.05) is 29.5 Å². The highest BCUT2D eigenvalue weighted by Crippen LogP contribution is 2.25. The molecule has 1 aromatic carbocycles. The molecular formula is C16H17N3O5S. The molecule has 1 aliphatic rings. The number of hydrogen-bond acceptors (Lipinski definition) is 5. The Hall–Kier alpha value is -2.20. The molecule has 9 heteroatoms. The number of nitrogens with zero attached hydrogens (tertiary/aromatic N) is 1. The summed E-state index contributed by atoms with van der Waals surface area (Å²) in [5.74, 6) is 0. The number of fused-ring (bicyclic) bond motifs is 3. The molecule has 1 aliphatic heterocycles. The van der Waals surface area contributed by atoms with Gasteiger partial charge in [-0.05, 0) is 24.3 Å². The van der Waals surface area contributed by atoms with E-state index < -0.39 is 16.3 Å². The Labute approximate surface area is 143 Å². The second kappa shape index (κ2) is 5.95. The first-order valence-corrected chi connectivity index (χ1v) is 9.23. The summed E-state index contributed by atoms with van der Waals surface area (Å²) in [7, 11) is -2.22. The molecule has 0 bridgehead atoms. The molecule has 0 unspecified atom stereocenters. The van der Waals surface area contributed by atoms with E-state index in [1.165, 1.54) is 17.4 Å². The van der Waals surface area contributed by atoms with Crippen molar-refractivity contribution in [2.24, 2.45) is 0 Å². The van der Waals surface area contributed by atoms with Gasteiger partial charge in [0.05, 0.1) is 24.7 Å². The van der Waals surface area contributed by atoms with Crippen LogP contribution in [0.5, 0.6) is 0 Å². The number of hydrogen-bond donors (Lipinski definition) is 2. The number of aromatic nitrogens is 2. The maximum absolute atomic E-state index is 12.8. The lowest BCUT2D eigenvalue weighted by molar-refractivity contribution is -0.0482. The van der Waals surface area contributed by atoms with Crippen LogP contribution in [-0.2, 0) is 19.5 Å². The summed E-state index contributed by atoms with van der Waals surface area (Å²) in [6.07, 6.45) is 1.11. The molecule has 0 aliphatic carbocycles. The third-order valence-electron chi connectivity index (χ3n) is 4.31. The number of ether oxygens (including phenoxy) is 2. The molecule has 8 nitrogen and oxygen atoms in total. The molecule has 132 valence electrons. The van der Waals surface area contributed by atoms with Gasteiger partial charge in [0.2, 0.25) is 10.0 Å². The van der Waals surface area contributed by atoms with Gasteiger partial charge in [-0.1, -0.05) is 0 Å². The van der Waals surface area contributed by atoms with Crippen LogP contribution in [0.15, 0.2) is 40.2 Å². The van der Waals surface area contributed by atoms with Gasteiger partial charge in [-0.2, -0.15) is 4.31 Å². The van der Waals surface area contributed by atoms with Crippen molar-refractivity contribution in [2.75, 3.05) is 26.8 Å². The van der Waals surface area contributed by atoms with Crippen molar-refractivity contribution in [1.82, 2.24) is 14.3 Å². The number of nitrogens with one attached hydrogen (secondary N) is 2. The van der Waals surface area contributed by atoms with Crippen LogP contribution in [0.1, 0.15) is 0 Å². The number of aromatic amines is 2. The first-order chi connectivity index (χ1) is 12.0. The molecule has 1 fully saturated rings. The van der Waals surface area contributed by atoms with Crippen molar-refractivity contribution < 1.29 is 17.9 Å². The maximum Gasteiger partial charge on any atom is 0.272 e. The Morgan fingerprint density at radius 1 is 1.20 bits per heavy atom. The smallest absolute Gasteiger partial charge is 0.272 e.